The van der Waals surface area contributed by atoms with E-state index >= 15 is 0 Å². The van der Waals surface area contributed by atoms with Gasteiger partial charge in [0.05, 0.1) is 29.9 Å². The van der Waals surface area contributed by atoms with Crippen molar-refractivity contribution >= 4 is 5.91 Å². The molecule has 2 heterocycles. The highest BCUT2D eigenvalue weighted by Gasteiger charge is 2.25. The van der Waals surface area contributed by atoms with Gasteiger partial charge in [-0.3, -0.25) is 10.1 Å². The van der Waals surface area contributed by atoms with E-state index < -0.39 is 0 Å². The van der Waals surface area contributed by atoms with Gasteiger partial charge in [-0.25, -0.2) is 4.98 Å². The minimum atomic E-state index is -0.331. The van der Waals surface area contributed by atoms with Crippen molar-refractivity contribution in [3.8, 4) is 0 Å². The first-order valence-electron chi connectivity index (χ1n) is 6.41. The number of hydrogen-bond donors (Lipinski definition) is 4. The predicted molar refractivity (Wildman–Crippen MR) is 66.8 cm³/mol. The number of hydrogen-bond acceptors (Lipinski definition) is 4. The maximum Gasteiger partial charge on any atom is 0.237 e. The van der Waals surface area contributed by atoms with Gasteiger partial charge in [0.1, 0.15) is 0 Å². The summed E-state index contributed by atoms with van der Waals surface area (Å²) in [6.07, 6.45) is 3.25. The Kier molecular flexibility index (Phi) is 4.33. The topological polar surface area (TPSA) is 90.0 Å². The molecule has 0 radical (unpaired) electrons. The van der Waals surface area contributed by atoms with Crippen LogP contribution in [0.15, 0.2) is 6.33 Å². The number of amides is 1. The van der Waals surface area contributed by atoms with E-state index in [-0.39, 0.29) is 18.1 Å². The predicted octanol–water partition coefficient (Wildman–Crippen LogP) is -0.299. The fraction of sp³-hybridized carbons (Fsp3) is 0.667. The van der Waals surface area contributed by atoms with Crippen LogP contribution in [0.3, 0.4) is 0 Å². The Labute approximate surface area is 106 Å². The fourth-order valence-corrected chi connectivity index (χ4v) is 2.04. The second kappa shape index (κ2) is 5.97. The minimum Gasteiger partial charge on any atom is -0.393 e. The molecule has 18 heavy (non-hydrogen) atoms. The van der Waals surface area contributed by atoms with Gasteiger partial charge in [0, 0.05) is 19.5 Å². The quantitative estimate of drug-likeness (QED) is 0.579. The second-order valence-corrected chi connectivity index (χ2v) is 4.61. The molecule has 6 heteroatoms. The first kappa shape index (κ1) is 13.0. The number of imidazole rings is 1. The largest absolute Gasteiger partial charge is 0.393 e. The van der Waals surface area contributed by atoms with Crippen molar-refractivity contribution in [1.82, 2.24) is 20.6 Å². The molecule has 0 saturated heterocycles. The third-order valence-electron chi connectivity index (χ3n) is 3.29. The summed E-state index contributed by atoms with van der Waals surface area (Å²) in [5.74, 6) is -0.0213. The van der Waals surface area contributed by atoms with E-state index in [0.29, 0.717) is 32.4 Å². The van der Waals surface area contributed by atoms with Gasteiger partial charge in [0.25, 0.3) is 0 Å². The van der Waals surface area contributed by atoms with E-state index in [1.807, 2.05) is 6.92 Å². The average molecular weight is 252 g/mol. The van der Waals surface area contributed by atoms with Crippen LogP contribution in [0, 0.1) is 0 Å². The molecule has 2 unspecified atom stereocenters. The van der Waals surface area contributed by atoms with E-state index in [4.69, 9.17) is 0 Å². The molecule has 0 fully saturated rings. The van der Waals surface area contributed by atoms with E-state index in [1.54, 1.807) is 6.33 Å². The molecule has 4 N–H and O–H groups in total. The lowest BCUT2D eigenvalue weighted by molar-refractivity contribution is -0.123. The van der Waals surface area contributed by atoms with Crippen LogP contribution < -0.4 is 10.6 Å². The lowest BCUT2D eigenvalue weighted by Crippen LogP contribution is -2.48. The van der Waals surface area contributed by atoms with Gasteiger partial charge in [0.15, 0.2) is 0 Å². The third-order valence-corrected chi connectivity index (χ3v) is 3.29. The normalized spacial score (nSPS) is 20.2. The van der Waals surface area contributed by atoms with Crippen molar-refractivity contribution in [3.63, 3.8) is 0 Å². The molecule has 0 aliphatic carbocycles. The zero-order chi connectivity index (χ0) is 13.0. The number of carbonyl (C=O) groups is 1. The van der Waals surface area contributed by atoms with Gasteiger partial charge in [-0.2, -0.15) is 0 Å². The van der Waals surface area contributed by atoms with Gasteiger partial charge < -0.3 is 15.4 Å². The molecule has 6 nitrogen and oxygen atoms in total. The van der Waals surface area contributed by atoms with Crippen molar-refractivity contribution in [3.05, 3.63) is 17.7 Å². The van der Waals surface area contributed by atoms with Crippen molar-refractivity contribution in [2.75, 3.05) is 6.54 Å². The highest BCUT2D eigenvalue weighted by atomic mass is 16.3. The molecule has 2 atom stereocenters. The Bertz CT molecular complexity index is 405. The summed E-state index contributed by atoms with van der Waals surface area (Å²) in [6, 6.07) is -0.223. The van der Waals surface area contributed by atoms with E-state index in [2.05, 4.69) is 20.6 Å². The molecule has 100 valence electrons. The van der Waals surface area contributed by atoms with Crippen LogP contribution >= 0.6 is 0 Å². The van der Waals surface area contributed by atoms with Crippen LogP contribution in [0.25, 0.3) is 0 Å². The first-order chi connectivity index (χ1) is 8.70. The summed E-state index contributed by atoms with van der Waals surface area (Å²) in [5.41, 5.74) is 2.02. The van der Waals surface area contributed by atoms with Crippen LogP contribution in [-0.4, -0.2) is 39.7 Å². The van der Waals surface area contributed by atoms with E-state index in [9.17, 15) is 9.90 Å². The molecule has 1 aromatic rings. The van der Waals surface area contributed by atoms with Crippen molar-refractivity contribution in [2.24, 2.45) is 0 Å². The zero-order valence-corrected chi connectivity index (χ0v) is 10.6. The molecule has 1 aliphatic heterocycles. The Hall–Kier alpha value is -1.40. The Morgan fingerprint density at radius 3 is 3.33 bits per heavy atom. The van der Waals surface area contributed by atoms with Crippen molar-refractivity contribution < 1.29 is 9.90 Å². The number of aromatic nitrogens is 2. The molecular formula is C12H20N4O2. The molecule has 0 spiro atoms. The van der Waals surface area contributed by atoms with Gasteiger partial charge in [-0.1, -0.05) is 6.92 Å². The molecule has 1 amide bonds. The standard InChI is InChI=1S/C12H20N4O2/c1-2-8(17)3-4-13-12(18)10-5-9-11(6-14-10)16-7-15-9/h7-8,10,14,17H,2-6H2,1H3,(H,13,18)(H,15,16). The maximum absolute atomic E-state index is 11.9. The molecular weight excluding hydrogens is 232 g/mol. The molecule has 2 rings (SSSR count). The van der Waals surface area contributed by atoms with E-state index in [0.717, 1.165) is 11.4 Å². The smallest absolute Gasteiger partial charge is 0.237 e. The summed E-state index contributed by atoms with van der Waals surface area (Å²) >= 11 is 0. The molecule has 0 aromatic carbocycles. The Morgan fingerprint density at radius 1 is 1.72 bits per heavy atom. The zero-order valence-electron chi connectivity index (χ0n) is 10.6. The number of aromatic amines is 1. The number of H-pyrrole nitrogens is 1. The summed E-state index contributed by atoms with van der Waals surface area (Å²) in [5, 5.41) is 15.4. The molecule has 0 bridgehead atoms. The number of nitrogens with one attached hydrogen (secondary N) is 3. The first-order valence-corrected chi connectivity index (χ1v) is 6.41. The fourth-order valence-electron chi connectivity index (χ4n) is 2.04. The van der Waals surface area contributed by atoms with Gasteiger partial charge >= 0.3 is 0 Å². The molecule has 1 aromatic heterocycles. The SMILES string of the molecule is CCC(O)CCNC(=O)C1Cc2nc[nH]c2CN1. The summed E-state index contributed by atoms with van der Waals surface area (Å²) in [6.45, 7) is 3.08. The van der Waals surface area contributed by atoms with Crippen molar-refractivity contribution in [1.29, 1.82) is 0 Å². The number of aliphatic hydroxyl groups excluding tert-OH is 1. The van der Waals surface area contributed by atoms with Gasteiger partial charge in [0.2, 0.25) is 5.91 Å². The number of rotatable bonds is 5. The van der Waals surface area contributed by atoms with Crippen LogP contribution in [0.2, 0.25) is 0 Å². The highest BCUT2D eigenvalue weighted by molar-refractivity contribution is 5.82. The number of nitrogens with zero attached hydrogens (tertiary/aromatic N) is 1. The lowest BCUT2D eigenvalue weighted by Gasteiger charge is -2.22. The molecule has 1 aliphatic rings. The van der Waals surface area contributed by atoms with Crippen LogP contribution in [0.5, 0.6) is 0 Å². The number of carbonyl (C=O) groups excluding carboxylic acids is 1. The van der Waals surface area contributed by atoms with Gasteiger partial charge in [-0.15, -0.1) is 0 Å². The van der Waals surface area contributed by atoms with Crippen LogP contribution in [0.1, 0.15) is 31.2 Å². The lowest BCUT2D eigenvalue weighted by atomic mass is 10.0. The summed E-state index contributed by atoms with van der Waals surface area (Å²) in [7, 11) is 0. The summed E-state index contributed by atoms with van der Waals surface area (Å²) in [4.78, 5) is 19.1. The summed E-state index contributed by atoms with van der Waals surface area (Å²) < 4.78 is 0. The maximum atomic E-state index is 11.9. The number of aliphatic hydroxyl groups is 1. The van der Waals surface area contributed by atoms with E-state index in [1.165, 1.54) is 0 Å². The minimum absolute atomic E-state index is 0.0213. The Morgan fingerprint density at radius 2 is 2.56 bits per heavy atom. The molecule has 0 saturated carbocycles. The third kappa shape index (κ3) is 3.08. The second-order valence-electron chi connectivity index (χ2n) is 4.61. The number of fused-ring (bicyclic) bond motifs is 1. The monoisotopic (exact) mass is 252 g/mol. The van der Waals surface area contributed by atoms with Crippen molar-refractivity contribution in [2.45, 2.75) is 44.9 Å². The van der Waals surface area contributed by atoms with Crippen LogP contribution in [0.4, 0.5) is 0 Å². The van der Waals surface area contributed by atoms with Gasteiger partial charge in [-0.05, 0) is 12.8 Å². The Balaban J connectivity index is 1.77. The van der Waals surface area contributed by atoms with Crippen LogP contribution in [-0.2, 0) is 17.8 Å². The average Bonchev–Trinajstić information content (AvgIpc) is 2.85. The highest BCUT2D eigenvalue weighted by Crippen LogP contribution is 2.12.